The zero-order valence-corrected chi connectivity index (χ0v) is 22.1. The highest BCUT2D eigenvalue weighted by Crippen LogP contribution is 2.31. The van der Waals surface area contributed by atoms with Crippen molar-refractivity contribution in [2.75, 3.05) is 0 Å². The average Bonchev–Trinajstić information content (AvgIpc) is 3.34. The fourth-order valence-corrected chi connectivity index (χ4v) is 5.13. The van der Waals surface area contributed by atoms with E-state index >= 15 is 0 Å². The minimum absolute atomic E-state index is 0.126. The first-order chi connectivity index (χ1) is 18.5. The molecule has 5 rings (SSSR count). The Hall–Kier alpha value is -4.07. The monoisotopic (exact) mass is 541 g/mol. The van der Waals surface area contributed by atoms with Gasteiger partial charge in [-0.2, -0.15) is 0 Å². The molecule has 0 unspecified atom stereocenters. The predicted octanol–water partition coefficient (Wildman–Crippen LogP) is 7.57. The Morgan fingerprint density at radius 3 is 2.55 bits per heavy atom. The molecule has 0 saturated heterocycles. The van der Waals surface area contributed by atoms with Gasteiger partial charge in [-0.25, -0.2) is 4.79 Å². The van der Waals surface area contributed by atoms with Crippen molar-refractivity contribution in [3.8, 4) is 17.1 Å². The van der Waals surface area contributed by atoms with Gasteiger partial charge in [0.15, 0.2) is 11.0 Å². The summed E-state index contributed by atoms with van der Waals surface area (Å²) in [4.78, 5) is 12.3. The second-order valence-electron chi connectivity index (χ2n) is 8.47. The zero-order valence-electron chi connectivity index (χ0n) is 20.5. The lowest BCUT2D eigenvalue weighted by Crippen LogP contribution is -2.03. The van der Waals surface area contributed by atoms with Gasteiger partial charge in [-0.15, -0.1) is 10.2 Å². The van der Waals surface area contributed by atoms with Gasteiger partial charge in [0, 0.05) is 17.1 Å². The quantitative estimate of drug-likeness (QED) is 0.153. The highest BCUT2D eigenvalue weighted by Gasteiger charge is 2.18. The number of benzene rings is 4. The third kappa shape index (κ3) is 5.74. The Morgan fingerprint density at radius 1 is 1.00 bits per heavy atom. The number of carbonyl (C=O) groups is 1. The van der Waals surface area contributed by atoms with Crippen molar-refractivity contribution in [2.24, 2.45) is 0 Å². The lowest BCUT2D eigenvalue weighted by atomic mass is 10.1. The number of fused-ring (bicyclic) bond motifs is 1. The molecule has 1 heterocycles. The number of thioether (sulfide) groups is 1. The van der Waals surface area contributed by atoms with Gasteiger partial charge in [-0.1, -0.05) is 66.2 Å². The van der Waals surface area contributed by atoms with E-state index in [4.69, 9.17) is 16.3 Å². The lowest BCUT2D eigenvalue weighted by Gasteiger charge is -2.10. The lowest BCUT2D eigenvalue weighted by molar-refractivity contribution is -0.131. The van der Waals surface area contributed by atoms with Gasteiger partial charge < -0.3 is 14.4 Å². The average molecular weight is 542 g/mol. The van der Waals surface area contributed by atoms with Gasteiger partial charge >= 0.3 is 5.97 Å². The van der Waals surface area contributed by atoms with Crippen molar-refractivity contribution in [3.63, 3.8) is 0 Å². The summed E-state index contributed by atoms with van der Waals surface area (Å²) in [5.74, 6) is 0.263. The molecule has 1 N–H and O–H groups in total. The van der Waals surface area contributed by atoms with Crippen LogP contribution in [-0.2, 0) is 17.9 Å². The van der Waals surface area contributed by atoms with Gasteiger partial charge in [0.25, 0.3) is 0 Å². The molecule has 0 atom stereocenters. The van der Waals surface area contributed by atoms with Crippen molar-refractivity contribution in [2.45, 2.75) is 25.2 Å². The second-order valence-corrected chi connectivity index (χ2v) is 9.92. The maximum atomic E-state index is 12.1. The highest BCUT2D eigenvalue weighted by molar-refractivity contribution is 8.04. The van der Waals surface area contributed by atoms with Crippen LogP contribution in [0.25, 0.3) is 28.2 Å². The van der Waals surface area contributed by atoms with Crippen LogP contribution in [0, 0.1) is 0 Å². The summed E-state index contributed by atoms with van der Waals surface area (Å²) in [5.41, 5.74) is 2.65. The van der Waals surface area contributed by atoms with E-state index in [9.17, 15) is 9.90 Å². The van der Waals surface area contributed by atoms with E-state index in [1.807, 2.05) is 72.2 Å². The highest BCUT2D eigenvalue weighted by atomic mass is 35.5. The van der Waals surface area contributed by atoms with Gasteiger partial charge in [0.2, 0.25) is 0 Å². The van der Waals surface area contributed by atoms with E-state index in [1.165, 1.54) is 0 Å². The maximum absolute atomic E-state index is 12.1. The Morgan fingerprint density at radius 2 is 1.76 bits per heavy atom. The van der Waals surface area contributed by atoms with Crippen molar-refractivity contribution >= 4 is 46.2 Å². The molecule has 0 bridgehead atoms. The molecule has 0 aliphatic rings. The van der Waals surface area contributed by atoms with Crippen LogP contribution in [0.15, 0.2) is 101 Å². The van der Waals surface area contributed by atoms with Crippen LogP contribution >= 0.6 is 23.4 Å². The minimum Gasteiger partial charge on any atom is -0.489 e. The SMILES string of the molecule is CCn1c(S/C(=C\c2cccc(OCc3cccc4ccccc34)c2)C(=O)O)nnc1-c1ccc(Cl)cc1. The smallest absolute Gasteiger partial charge is 0.342 e. The molecular formula is C30H24ClN3O3S. The van der Waals surface area contributed by atoms with Crippen LogP contribution < -0.4 is 4.74 Å². The summed E-state index contributed by atoms with van der Waals surface area (Å²) in [6.45, 7) is 2.95. The number of carboxylic acid groups (broad SMARTS) is 1. The number of aliphatic carboxylic acids is 1. The summed E-state index contributed by atoms with van der Waals surface area (Å²) in [6.07, 6.45) is 1.62. The molecule has 4 aromatic carbocycles. The van der Waals surface area contributed by atoms with Crippen molar-refractivity contribution in [1.82, 2.24) is 14.8 Å². The third-order valence-corrected chi connectivity index (χ3v) is 7.23. The molecule has 0 fully saturated rings. The summed E-state index contributed by atoms with van der Waals surface area (Å²) in [6, 6.07) is 29.0. The Labute approximate surface area is 229 Å². The van der Waals surface area contributed by atoms with Crippen molar-refractivity contribution < 1.29 is 14.6 Å². The molecular weight excluding hydrogens is 518 g/mol. The number of hydrogen-bond acceptors (Lipinski definition) is 5. The molecule has 0 saturated carbocycles. The molecule has 38 heavy (non-hydrogen) atoms. The second kappa shape index (κ2) is 11.5. The maximum Gasteiger partial charge on any atom is 0.342 e. The van der Waals surface area contributed by atoms with Crippen LogP contribution in [0.4, 0.5) is 0 Å². The van der Waals surface area contributed by atoms with Crippen molar-refractivity contribution in [3.05, 3.63) is 112 Å². The number of rotatable bonds is 9. The fourth-order valence-electron chi connectivity index (χ4n) is 4.12. The third-order valence-electron chi connectivity index (χ3n) is 5.98. The summed E-state index contributed by atoms with van der Waals surface area (Å²) >= 11 is 7.08. The summed E-state index contributed by atoms with van der Waals surface area (Å²) < 4.78 is 7.96. The number of aromatic nitrogens is 3. The van der Waals surface area contributed by atoms with Crippen LogP contribution in [-0.4, -0.2) is 25.8 Å². The molecule has 0 aliphatic carbocycles. The normalized spacial score (nSPS) is 11.6. The van der Waals surface area contributed by atoms with Gasteiger partial charge in [-0.3, -0.25) is 0 Å². The molecule has 190 valence electrons. The van der Waals surface area contributed by atoms with E-state index in [-0.39, 0.29) is 4.91 Å². The van der Waals surface area contributed by atoms with Gasteiger partial charge in [-0.05, 0) is 83.1 Å². The molecule has 0 spiro atoms. The standard InChI is InChI=1S/C30H24ClN3O3S/c1-2-34-28(22-13-15-24(31)16-14-22)32-33-30(34)38-27(29(35)36)18-20-7-5-11-25(17-20)37-19-23-10-6-9-21-8-3-4-12-26(21)23/h3-18H,2,19H2,1H3,(H,35,36)/b27-18-. The molecule has 0 radical (unpaired) electrons. The van der Waals surface area contributed by atoms with Crippen LogP contribution in [0.5, 0.6) is 5.75 Å². The van der Waals surface area contributed by atoms with Gasteiger partial charge in [0.05, 0.1) is 0 Å². The van der Waals surface area contributed by atoms with E-state index in [2.05, 4.69) is 28.4 Å². The van der Waals surface area contributed by atoms with Gasteiger partial charge in [0.1, 0.15) is 17.3 Å². The minimum atomic E-state index is -1.05. The van der Waals surface area contributed by atoms with Crippen LogP contribution in [0.2, 0.25) is 5.02 Å². The predicted molar refractivity (Wildman–Crippen MR) is 152 cm³/mol. The van der Waals surface area contributed by atoms with E-state index < -0.39 is 5.97 Å². The summed E-state index contributed by atoms with van der Waals surface area (Å²) in [5, 5.41) is 21.9. The molecule has 1 aromatic heterocycles. The largest absolute Gasteiger partial charge is 0.489 e. The molecule has 5 aromatic rings. The number of carboxylic acids is 1. The fraction of sp³-hybridized carbons (Fsp3) is 0.100. The Balaban J connectivity index is 1.36. The Kier molecular flexibility index (Phi) is 7.77. The number of halogens is 1. The van der Waals surface area contributed by atoms with Crippen molar-refractivity contribution in [1.29, 1.82) is 0 Å². The molecule has 6 nitrogen and oxygen atoms in total. The first-order valence-corrected chi connectivity index (χ1v) is 13.2. The number of hydrogen-bond donors (Lipinski definition) is 1. The number of ether oxygens (including phenoxy) is 1. The molecule has 0 aliphatic heterocycles. The van der Waals surface area contributed by atoms with E-state index in [0.29, 0.717) is 40.5 Å². The molecule has 0 amide bonds. The topological polar surface area (TPSA) is 77.2 Å². The zero-order chi connectivity index (χ0) is 26.5. The summed E-state index contributed by atoms with van der Waals surface area (Å²) in [7, 11) is 0. The first-order valence-electron chi connectivity index (χ1n) is 12.0. The number of nitrogens with zero attached hydrogens (tertiary/aromatic N) is 3. The molecule has 8 heteroatoms. The van der Waals surface area contributed by atoms with E-state index in [1.54, 1.807) is 18.2 Å². The Bertz CT molecular complexity index is 1620. The first kappa shape index (κ1) is 25.6. The van der Waals surface area contributed by atoms with E-state index in [0.717, 1.165) is 33.7 Å². The van der Waals surface area contributed by atoms with Crippen LogP contribution in [0.1, 0.15) is 18.1 Å². The van der Waals surface area contributed by atoms with Crippen LogP contribution in [0.3, 0.4) is 0 Å².